The molecule has 0 radical (unpaired) electrons. The summed E-state index contributed by atoms with van der Waals surface area (Å²) in [5.41, 5.74) is 0. The summed E-state index contributed by atoms with van der Waals surface area (Å²) in [5.74, 6) is 2.66. The van der Waals surface area contributed by atoms with Crippen molar-refractivity contribution >= 4 is 17.3 Å². The average molecular weight is 448 g/mol. The van der Waals surface area contributed by atoms with Gasteiger partial charge in [-0.1, -0.05) is 6.07 Å². The minimum Gasteiger partial charge on any atom is -0.379 e. The zero-order chi connectivity index (χ0) is 21.5. The largest absolute Gasteiger partial charge is 0.379 e. The summed E-state index contributed by atoms with van der Waals surface area (Å²) in [5, 5.41) is 13.8. The van der Waals surface area contributed by atoms with E-state index in [0.717, 1.165) is 76.4 Å². The second kappa shape index (κ2) is 11.0. The summed E-state index contributed by atoms with van der Waals surface area (Å²) in [4.78, 5) is 13.4. The molecule has 2 aromatic heterocycles. The third kappa shape index (κ3) is 5.82. The van der Waals surface area contributed by atoms with E-state index in [0.29, 0.717) is 6.61 Å². The Morgan fingerprint density at radius 1 is 1.42 bits per heavy atom. The van der Waals surface area contributed by atoms with E-state index in [4.69, 9.17) is 14.5 Å². The number of rotatable bonds is 8. The summed E-state index contributed by atoms with van der Waals surface area (Å²) in [6.07, 6.45) is 1.91. The molecule has 0 aromatic carbocycles. The van der Waals surface area contributed by atoms with Crippen LogP contribution in [-0.2, 0) is 29.0 Å². The van der Waals surface area contributed by atoms with Crippen molar-refractivity contribution in [3.63, 3.8) is 0 Å². The second-order valence-electron chi connectivity index (χ2n) is 7.84. The normalized spacial score (nSPS) is 21.0. The number of aryl methyl sites for hydroxylation is 1. The molecule has 9 nitrogen and oxygen atoms in total. The highest BCUT2D eigenvalue weighted by Crippen LogP contribution is 2.26. The molecule has 0 saturated carbocycles. The minimum atomic E-state index is 0.269. The molecule has 2 aliphatic heterocycles. The molecule has 2 atom stereocenters. The first-order valence-corrected chi connectivity index (χ1v) is 12.0. The standard InChI is InChI=1S/C21H33N7O2S/c1-3-22-21(24-16-6-7-20-25-19(15-29-2)26-28(20)14-16)23-13-17(18-5-4-12-31-18)27-8-10-30-11-9-27/h4-5,12,16-17H,3,6-11,13-15H2,1-2H3,(H2,22,23,24). The highest BCUT2D eigenvalue weighted by atomic mass is 32.1. The Morgan fingerprint density at radius 3 is 3.03 bits per heavy atom. The lowest BCUT2D eigenvalue weighted by Crippen LogP contribution is -2.47. The molecule has 1 saturated heterocycles. The number of morpholine rings is 1. The SMILES string of the molecule is CCNC(=NCC(c1cccs1)N1CCOCC1)NC1CCc2nc(COC)nn2C1. The number of nitrogens with one attached hydrogen (secondary N) is 2. The van der Waals surface area contributed by atoms with Gasteiger partial charge in [-0.15, -0.1) is 11.3 Å². The summed E-state index contributed by atoms with van der Waals surface area (Å²) >= 11 is 1.80. The number of guanidine groups is 1. The lowest BCUT2D eigenvalue weighted by atomic mass is 10.1. The first kappa shape index (κ1) is 22.2. The van der Waals surface area contributed by atoms with Crippen LogP contribution in [-0.4, -0.2) is 78.2 Å². The number of nitrogens with zero attached hydrogens (tertiary/aromatic N) is 5. The van der Waals surface area contributed by atoms with Crippen LogP contribution in [0.25, 0.3) is 0 Å². The van der Waals surface area contributed by atoms with Crippen molar-refractivity contribution in [2.75, 3.05) is 46.5 Å². The summed E-state index contributed by atoms with van der Waals surface area (Å²) in [7, 11) is 1.67. The fourth-order valence-electron chi connectivity index (χ4n) is 4.12. The number of methoxy groups -OCH3 is 1. The quantitative estimate of drug-likeness (QED) is 0.467. The Hall–Kier alpha value is -2.01. The molecular weight excluding hydrogens is 414 g/mol. The van der Waals surface area contributed by atoms with Crippen LogP contribution in [0.3, 0.4) is 0 Å². The van der Waals surface area contributed by atoms with Gasteiger partial charge >= 0.3 is 0 Å². The summed E-state index contributed by atoms with van der Waals surface area (Å²) in [6.45, 7) is 8.36. The van der Waals surface area contributed by atoms with Gasteiger partial charge in [0.15, 0.2) is 11.8 Å². The number of thiophene rings is 1. The third-order valence-electron chi connectivity index (χ3n) is 5.64. The first-order valence-electron chi connectivity index (χ1n) is 11.1. The lowest BCUT2D eigenvalue weighted by molar-refractivity contribution is 0.0186. The van der Waals surface area contributed by atoms with Gasteiger partial charge < -0.3 is 20.1 Å². The number of fused-ring (bicyclic) bond motifs is 1. The number of hydrogen-bond donors (Lipinski definition) is 2. The van der Waals surface area contributed by atoms with Crippen molar-refractivity contribution < 1.29 is 9.47 Å². The van der Waals surface area contributed by atoms with Crippen molar-refractivity contribution in [2.45, 2.75) is 45.0 Å². The van der Waals surface area contributed by atoms with E-state index in [9.17, 15) is 0 Å². The Balaban J connectivity index is 1.42. The van der Waals surface area contributed by atoms with Gasteiger partial charge in [-0.25, -0.2) is 9.67 Å². The maximum Gasteiger partial charge on any atom is 0.191 e. The molecule has 2 aromatic rings. The summed E-state index contributed by atoms with van der Waals surface area (Å²) in [6, 6.07) is 4.89. The Kier molecular flexibility index (Phi) is 7.90. The van der Waals surface area contributed by atoms with E-state index >= 15 is 0 Å². The van der Waals surface area contributed by atoms with Crippen LogP contribution in [0.15, 0.2) is 22.5 Å². The zero-order valence-electron chi connectivity index (χ0n) is 18.4. The Bertz CT molecular complexity index is 833. The van der Waals surface area contributed by atoms with E-state index in [1.165, 1.54) is 4.88 Å². The van der Waals surface area contributed by atoms with E-state index in [2.05, 4.69) is 50.1 Å². The molecule has 170 valence electrons. The molecule has 2 N–H and O–H groups in total. The molecular formula is C21H33N7O2S. The maximum atomic E-state index is 5.56. The molecule has 0 spiro atoms. The van der Waals surface area contributed by atoms with Crippen LogP contribution < -0.4 is 10.6 Å². The van der Waals surface area contributed by atoms with E-state index < -0.39 is 0 Å². The molecule has 2 unspecified atom stereocenters. The highest BCUT2D eigenvalue weighted by Gasteiger charge is 2.25. The lowest BCUT2D eigenvalue weighted by Gasteiger charge is -2.33. The molecule has 1 fully saturated rings. The van der Waals surface area contributed by atoms with Crippen LogP contribution in [0.5, 0.6) is 0 Å². The fourth-order valence-corrected chi connectivity index (χ4v) is 4.97. The molecule has 0 amide bonds. The predicted octanol–water partition coefficient (Wildman–Crippen LogP) is 1.43. The van der Waals surface area contributed by atoms with Crippen molar-refractivity contribution in [1.82, 2.24) is 30.3 Å². The number of hydrogen-bond acceptors (Lipinski definition) is 7. The third-order valence-corrected chi connectivity index (χ3v) is 6.61. The number of aromatic nitrogens is 3. The van der Waals surface area contributed by atoms with E-state index in [1.807, 2.05) is 4.68 Å². The molecule has 0 bridgehead atoms. The fraction of sp³-hybridized carbons (Fsp3) is 0.667. The van der Waals surface area contributed by atoms with Crippen LogP contribution >= 0.6 is 11.3 Å². The first-order chi connectivity index (χ1) is 15.3. The van der Waals surface area contributed by atoms with Crippen LogP contribution in [0, 0.1) is 0 Å². The summed E-state index contributed by atoms with van der Waals surface area (Å²) < 4.78 is 12.7. The molecule has 31 heavy (non-hydrogen) atoms. The van der Waals surface area contributed by atoms with Gasteiger partial charge in [0.05, 0.1) is 32.3 Å². The molecule has 10 heteroatoms. The number of ether oxygens (including phenoxy) is 2. The molecule has 0 aliphatic carbocycles. The number of aliphatic imine (C=N–C) groups is 1. The van der Waals surface area contributed by atoms with Gasteiger partial charge in [0.2, 0.25) is 0 Å². The van der Waals surface area contributed by atoms with Crippen LogP contribution in [0.2, 0.25) is 0 Å². The van der Waals surface area contributed by atoms with E-state index in [1.54, 1.807) is 18.4 Å². The van der Waals surface area contributed by atoms with Gasteiger partial charge in [0, 0.05) is 44.1 Å². The minimum absolute atomic E-state index is 0.269. The monoisotopic (exact) mass is 447 g/mol. The zero-order valence-corrected chi connectivity index (χ0v) is 19.2. The van der Waals surface area contributed by atoms with Crippen LogP contribution in [0.4, 0.5) is 0 Å². The predicted molar refractivity (Wildman–Crippen MR) is 121 cm³/mol. The average Bonchev–Trinajstić information content (AvgIpc) is 3.45. The highest BCUT2D eigenvalue weighted by molar-refractivity contribution is 7.10. The molecule has 4 rings (SSSR count). The van der Waals surface area contributed by atoms with Crippen molar-refractivity contribution in [3.05, 3.63) is 34.0 Å². The topological polar surface area (TPSA) is 88.8 Å². The van der Waals surface area contributed by atoms with Gasteiger partial charge in [-0.2, -0.15) is 5.10 Å². The molecule has 2 aliphatic rings. The molecule has 4 heterocycles. The maximum absolute atomic E-state index is 5.56. The van der Waals surface area contributed by atoms with Crippen molar-refractivity contribution in [2.24, 2.45) is 4.99 Å². The van der Waals surface area contributed by atoms with Gasteiger partial charge in [-0.3, -0.25) is 9.89 Å². The smallest absolute Gasteiger partial charge is 0.191 e. The van der Waals surface area contributed by atoms with Gasteiger partial charge in [0.25, 0.3) is 0 Å². The Morgan fingerprint density at radius 2 is 2.29 bits per heavy atom. The van der Waals surface area contributed by atoms with Crippen molar-refractivity contribution in [3.8, 4) is 0 Å². The van der Waals surface area contributed by atoms with Crippen molar-refractivity contribution in [1.29, 1.82) is 0 Å². The second-order valence-corrected chi connectivity index (χ2v) is 8.82. The van der Waals surface area contributed by atoms with Crippen LogP contribution in [0.1, 0.15) is 35.9 Å². The van der Waals surface area contributed by atoms with Gasteiger partial charge in [-0.05, 0) is 24.8 Å². The van der Waals surface area contributed by atoms with E-state index in [-0.39, 0.29) is 12.1 Å². The van der Waals surface area contributed by atoms with Gasteiger partial charge in [0.1, 0.15) is 12.4 Å². The Labute approximate surface area is 187 Å².